The van der Waals surface area contributed by atoms with Gasteiger partial charge >= 0.3 is 0 Å². The average Bonchev–Trinajstić information content (AvgIpc) is 3.48. The SMILES string of the molecule is Cc1nn(C)c(C)c1-c1nc(NCc2ccccc2)c2ncn(CCN3CCCC3=O)c2n1. The molecular formula is C24H28N8O. The highest BCUT2D eigenvalue weighted by molar-refractivity contribution is 5.85. The molecule has 1 aliphatic heterocycles. The van der Waals surface area contributed by atoms with E-state index in [2.05, 4.69) is 27.5 Å². The van der Waals surface area contributed by atoms with Crippen LogP contribution in [0.5, 0.6) is 0 Å². The minimum absolute atomic E-state index is 0.224. The van der Waals surface area contributed by atoms with E-state index in [1.807, 2.05) is 53.2 Å². The first kappa shape index (κ1) is 21.1. The number of imidazole rings is 1. The van der Waals surface area contributed by atoms with Gasteiger partial charge in [0.2, 0.25) is 5.91 Å². The number of aromatic nitrogens is 6. The molecule has 0 saturated carbocycles. The summed E-state index contributed by atoms with van der Waals surface area (Å²) in [5.41, 5.74) is 5.47. The van der Waals surface area contributed by atoms with Crippen LogP contribution in [0.15, 0.2) is 36.7 Å². The quantitative estimate of drug-likeness (QED) is 0.471. The topological polar surface area (TPSA) is 93.8 Å². The fraction of sp³-hybridized carbons (Fsp3) is 0.375. The molecule has 0 bridgehead atoms. The molecule has 9 nitrogen and oxygen atoms in total. The van der Waals surface area contributed by atoms with E-state index in [1.54, 1.807) is 6.33 Å². The number of carbonyl (C=O) groups is 1. The van der Waals surface area contributed by atoms with E-state index in [4.69, 9.17) is 9.97 Å². The van der Waals surface area contributed by atoms with Crippen LogP contribution in [-0.2, 0) is 24.9 Å². The summed E-state index contributed by atoms with van der Waals surface area (Å²) in [5, 5.41) is 8.01. The number of hydrogen-bond acceptors (Lipinski definition) is 6. The van der Waals surface area contributed by atoms with E-state index < -0.39 is 0 Å². The smallest absolute Gasteiger partial charge is 0.222 e. The van der Waals surface area contributed by atoms with Crippen molar-refractivity contribution in [2.24, 2.45) is 7.05 Å². The van der Waals surface area contributed by atoms with Gasteiger partial charge in [-0.15, -0.1) is 0 Å². The Hall–Kier alpha value is -3.75. The molecular weight excluding hydrogens is 416 g/mol. The second-order valence-corrected chi connectivity index (χ2v) is 8.50. The molecule has 1 amide bonds. The summed E-state index contributed by atoms with van der Waals surface area (Å²) in [6.07, 6.45) is 3.37. The number of nitrogens with zero attached hydrogens (tertiary/aromatic N) is 7. The number of benzene rings is 1. The van der Waals surface area contributed by atoms with Crippen LogP contribution in [0.3, 0.4) is 0 Å². The van der Waals surface area contributed by atoms with Crippen molar-refractivity contribution >= 4 is 22.9 Å². The molecule has 4 aromatic rings. The number of likely N-dealkylation sites (tertiary alicyclic amines) is 1. The predicted molar refractivity (Wildman–Crippen MR) is 127 cm³/mol. The van der Waals surface area contributed by atoms with Crippen LogP contribution in [-0.4, -0.2) is 53.2 Å². The van der Waals surface area contributed by atoms with Crippen LogP contribution in [0.25, 0.3) is 22.6 Å². The molecule has 5 rings (SSSR count). The number of amides is 1. The Kier molecular flexibility index (Phi) is 5.53. The Bertz CT molecular complexity index is 1310. The lowest BCUT2D eigenvalue weighted by molar-refractivity contribution is -0.127. The number of anilines is 1. The van der Waals surface area contributed by atoms with Gasteiger partial charge in [-0.25, -0.2) is 15.0 Å². The lowest BCUT2D eigenvalue weighted by atomic mass is 10.2. The van der Waals surface area contributed by atoms with Gasteiger partial charge in [-0.1, -0.05) is 30.3 Å². The standard InChI is InChI=1S/C24H28N8O/c1-16-20(17(2)30(3)29-16)22-27-23(25-14-18-8-5-4-6-9-18)21-24(28-22)32(15-26-21)13-12-31-11-7-10-19(31)33/h4-6,8-9,15H,7,10-14H2,1-3H3,(H,25,27,28). The monoisotopic (exact) mass is 444 g/mol. The van der Waals surface area contributed by atoms with Crippen LogP contribution < -0.4 is 5.32 Å². The van der Waals surface area contributed by atoms with E-state index in [0.29, 0.717) is 37.7 Å². The fourth-order valence-electron chi connectivity index (χ4n) is 4.39. The van der Waals surface area contributed by atoms with Crippen molar-refractivity contribution in [2.75, 3.05) is 18.4 Å². The maximum Gasteiger partial charge on any atom is 0.222 e. The zero-order chi connectivity index (χ0) is 22.9. The van der Waals surface area contributed by atoms with Crippen LogP contribution in [0.1, 0.15) is 29.8 Å². The van der Waals surface area contributed by atoms with Gasteiger partial charge < -0.3 is 14.8 Å². The molecule has 1 saturated heterocycles. The lowest BCUT2D eigenvalue weighted by Gasteiger charge is -2.16. The maximum atomic E-state index is 12.0. The van der Waals surface area contributed by atoms with Gasteiger partial charge in [0, 0.05) is 45.3 Å². The van der Waals surface area contributed by atoms with E-state index in [-0.39, 0.29) is 5.91 Å². The molecule has 0 atom stereocenters. The highest BCUT2D eigenvalue weighted by Gasteiger charge is 2.22. The second kappa shape index (κ2) is 8.65. The number of carbonyl (C=O) groups excluding carboxylic acids is 1. The van der Waals surface area contributed by atoms with Crippen molar-refractivity contribution in [1.82, 2.24) is 34.2 Å². The summed E-state index contributed by atoms with van der Waals surface area (Å²) >= 11 is 0. The van der Waals surface area contributed by atoms with E-state index in [1.165, 1.54) is 0 Å². The second-order valence-electron chi connectivity index (χ2n) is 8.50. The molecule has 0 unspecified atom stereocenters. The Morgan fingerprint density at radius 2 is 1.91 bits per heavy atom. The lowest BCUT2D eigenvalue weighted by Crippen LogP contribution is -2.28. The Morgan fingerprint density at radius 3 is 2.61 bits per heavy atom. The highest BCUT2D eigenvalue weighted by atomic mass is 16.2. The summed E-state index contributed by atoms with van der Waals surface area (Å²) in [6, 6.07) is 10.2. The minimum atomic E-state index is 0.224. The molecule has 0 aliphatic carbocycles. The van der Waals surface area contributed by atoms with E-state index in [9.17, 15) is 4.79 Å². The van der Waals surface area contributed by atoms with Crippen LogP contribution >= 0.6 is 0 Å². The molecule has 0 radical (unpaired) electrons. The number of rotatable bonds is 7. The van der Waals surface area contributed by atoms with Crippen molar-refractivity contribution < 1.29 is 4.79 Å². The molecule has 3 aromatic heterocycles. The molecule has 1 fully saturated rings. The van der Waals surface area contributed by atoms with Crippen molar-refractivity contribution in [1.29, 1.82) is 0 Å². The Labute approximate surface area is 192 Å². The number of nitrogens with one attached hydrogen (secondary N) is 1. The summed E-state index contributed by atoms with van der Waals surface area (Å²) < 4.78 is 3.87. The molecule has 9 heteroatoms. The third-order valence-corrected chi connectivity index (χ3v) is 6.28. The predicted octanol–water partition coefficient (Wildman–Crippen LogP) is 3.08. The highest BCUT2D eigenvalue weighted by Crippen LogP contribution is 2.28. The molecule has 1 aromatic carbocycles. The normalized spacial score (nSPS) is 13.9. The first-order valence-electron chi connectivity index (χ1n) is 11.3. The van der Waals surface area contributed by atoms with Gasteiger partial charge in [0.25, 0.3) is 0 Å². The molecule has 1 N–H and O–H groups in total. The van der Waals surface area contributed by atoms with Crippen molar-refractivity contribution in [2.45, 2.75) is 39.8 Å². The maximum absolute atomic E-state index is 12.0. The van der Waals surface area contributed by atoms with Crippen molar-refractivity contribution in [3.63, 3.8) is 0 Å². The number of fused-ring (bicyclic) bond motifs is 1. The van der Waals surface area contributed by atoms with Gasteiger partial charge in [0.1, 0.15) is 5.52 Å². The summed E-state index contributed by atoms with van der Waals surface area (Å²) in [6.45, 7) is 6.75. The summed E-state index contributed by atoms with van der Waals surface area (Å²) in [5.74, 6) is 1.54. The van der Waals surface area contributed by atoms with Gasteiger partial charge in [0.15, 0.2) is 17.3 Å². The van der Waals surface area contributed by atoms with E-state index in [0.717, 1.165) is 46.6 Å². The average molecular weight is 445 g/mol. The van der Waals surface area contributed by atoms with Gasteiger partial charge in [-0.05, 0) is 25.8 Å². The van der Waals surface area contributed by atoms with Crippen LogP contribution in [0, 0.1) is 13.8 Å². The third kappa shape index (κ3) is 4.06. The fourth-order valence-corrected chi connectivity index (χ4v) is 4.39. The third-order valence-electron chi connectivity index (χ3n) is 6.28. The zero-order valence-corrected chi connectivity index (χ0v) is 19.2. The van der Waals surface area contributed by atoms with Crippen LogP contribution in [0.2, 0.25) is 0 Å². The molecule has 33 heavy (non-hydrogen) atoms. The van der Waals surface area contributed by atoms with Gasteiger partial charge in [-0.2, -0.15) is 5.10 Å². The summed E-state index contributed by atoms with van der Waals surface area (Å²) in [7, 11) is 1.93. The van der Waals surface area contributed by atoms with Gasteiger partial charge in [0.05, 0.1) is 17.6 Å². The minimum Gasteiger partial charge on any atom is -0.364 e. The zero-order valence-electron chi connectivity index (χ0n) is 19.2. The molecule has 0 spiro atoms. The van der Waals surface area contributed by atoms with Crippen molar-refractivity contribution in [3.05, 3.63) is 53.6 Å². The molecule has 170 valence electrons. The number of aryl methyl sites for hydroxylation is 2. The molecule has 4 heterocycles. The van der Waals surface area contributed by atoms with Crippen LogP contribution in [0.4, 0.5) is 5.82 Å². The Balaban J connectivity index is 1.53. The first-order chi connectivity index (χ1) is 16.0. The Morgan fingerprint density at radius 1 is 1.09 bits per heavy atom. The van der Waals surface area contributed by atoms with Crippen molar-refractivity contribution in [3.8, 4) is 11.4 Å². The number of hydrogen-bond donors (Lipinski definition) is 1. The molecule has 1 aliphatic rings. The van der Waals surface area contributed by atoms with E-state index >= 15 is 0 Å². The van der Waals surface area contributed by atoms with Gasteiger partial charge in [-0.3, -0.25) is 9.48 Å². The first-order valence-corrected chi connectivity index (χ1v) is 11.3. The largest absolute Gasteiger partial charge is 0.364 e. The summed E-state index contributed by atoms with van der Waals surface area (Å²) in [4.78, 5) is 28.4.